The van der Waals surface area contributed by atoms with Crippen molar-refractivity contribution in [2.75, 3.05) is 18.0 Å². The predicted octanol–water partition coefficient (Wildman–Crippen LogP) is 1.03. The van der Waals surface area contributed by atoms with E-state index < -0.39 is 0 Å². The Kier molecular flexibility index (Phi) is 5.25. The zero-order chi connectivity index (χ0) is 16.8. The third-order valence-corrected chi connectivity index (χ3v) is 4.01. The molecule has 2 aromatic heterocycles. The Balaban J connectivity index is 1.47. The van der Waals surface area contributed by atoms with Gasteiger partial charge in [0, 0.05) is 56.5 Å². The number of hydrogen-bond donors (Lipinski definition) is 2. The average Bonchev–Trinajstić information content (AvgIpc) is 3.08. The van der Waals surface area contributed by atoms with Gasteiger partial charge < -0.3 is 20.1 Å². The van der Waals surface area contributed by atoms with E-state index in [-0.39, 0.29) is 18.1 Å². The van der Waals surface area contributed by atoms with Crippen LogP contribution in [0.2, 0.25) is 0 Å². The molecule has 0 bridgehead atoms. The second kappa shape index (κ2) is 7.76. The zero-order valence-electron chi connectivity index (χ0n) is 13.8. The van der Waals surface area contributed by atoms with Crippen LogP contribution in [0.1, 0.15) is 19.8 Å². The number of nitrogens with one attached hydrogen (secondary N) is 2. The maximum atomic E-state index is 12.2. The number of urea groups is 1. The molecule has 1 aliphatic heterocycles. The Bertz CT molecular complexity index is 631. The van der Waals surface area contributed by atoms with Crippen LogP contribution in [-0.2, 0) is 6.54 Å². The van der Waals surface area contributed by atoms with E-state index in [2.05, 4.69) is 30.5 Å². The molecule has 8 nitrogen and oxygen atoms in total. The number of imidazole rings is 1. The van der Waals surface area contributed by atoms with Crippen molar-refractivity contribution in [2.45, 2.75) is 38.4 Å². The van der Waals surface area contributed by atoms with Crippen molar-refractivity contribution in [3.63, 3.8) is 0 Å². The number of aromatic nitrogens is 4. The first-order valence-electron chi connectivity index (χ1n) is 8.25. The van der Waals surface area contributed by atoms with Gasteiger partial charge in [-0.25, -0.2) is 19.7 Å². The van der Waals surface area contributed by atoms with Crippen LogP contribution in [0, 0.1) is 0 Å². The summed E-state index contributed by atoms with van der Waals surface area (Å²) in [6, 6.07) is 1.79. The van der Waals surface area contributed by atoms with Crippen LogP contribution >= 0.6 is 0 Å². The third kappa shape index (κ3) is 4.43. The molecule has 1 fully saturated rings. The summed E-state index contributed by atoms with van der Waals surface area (Å²) in [7, 11) is 0. The van der Waals surface area contributed by atoms with Gasteiger partial charge in [0.15, 0.2) is 0 Å². The van der Waals surface area contributed by atoms with E-state index in [0.717, 1.165) is 31.9 Å². The number of nitrogens with zero attached hydrogens (tertiary/aromatic N) is 5. The number of anilines is 1. The molecule has 0 aliphatic carbocycles. The quantitative estimate of drug-likeness (QED) is 0.855. The lowest BCUT2D eigenvalue weighted by Crippen LogP contribution is -2.52. The SMILES string of the molecule is C[C@H](Cn1ccnc1)NC(=O)N[C@H]1CCCN(c2ncccn2)C1. The van der Waals surface area contributed by atoms with Gasteiger partial charge in [-0.1, -0.05) is 0 Å². The maximum Gasteiger partial charge on any atom is 0.315 e. The van der Waals surface area contributed by atoms with Crippen molar-refractivity contribution >= 4 is 12.0 Å². The van der Waals surface area contributed by atoms with E-state index in [4.69, 9.17) is 0 Å². The molecule has 0 aromatic carbocycles. The highest BCUT2D eigenvalue weighted by atomic mass is 16.2. The Morgan fingerprint density at radius 2 is 2.21 bits per heavy atom. The summed E-state index contributed by atoms with van der Waals surface area (Å²) in [6.45, 7) is 4.32. The molecule has 2 atom stereocenters. The molecule has 0 spiro atoms. The van der Waals surface area contributed by atoms with Crippen molar-refractivity contribution in [1.82, 2.24) is 30.2 Å². The van der Waals surface area contributed by atoms with Crippen LogP contribution in [0.4, 0.5) is 10.7 Å². The van der Waals surface area contributed by atoms with E-state index in [0.29, 0.717) is 6.54 Å². The first-order chi connectivity index (χ1) is 11.7. The lowest BCUT2D eigenvalue weighted by Gasteiger charge is -2.33. The molecule has 0 unspecified atom stereocenters. The molecule has 0 saturated carbocycles. The van der Waals surface area contributed by atoms with Crippen LogP contribution in [0.3, 0.4) is 0 Å². The first-order valence-corrected chi connectivity index (χ1v) is 8.25. The van der Waals surface area contributed by atoms with Crippen molar-refractivity contribution in [3.05, 3.63) is 37.2 Å². The number of hydrogen-bond acceptors (Lipinski definition) is 5. The van der Waals surface area contributed by atoms with Crippen molar-refractivity contribution in [2.24, 2.45) is 0 Å². The highest BCUT2D eigenvalue weighted by Crippen LogP contribution is 2.15. The van der Waals surface area contributed by atoms with E-state index in [1.54, 1.807) is 31.0 Å². The molecule has 3 rings (SSSR count). The topological polar surface area (TPSA) is 88.0 Å². The number of piperidine rings is 1. The van der Waals surface area contributed by atoms with E-state index in [1.807, 2.05) is 17.7 Å². The molecule has 2 N–H and O–H groups in total. The molecule has 24 heavy (non-hydrogen) atoms. The normalized spacial score (nSPS) is 18.9. The zero-order valence-corrected chi connectivity index (χ0v) is 13.8. The number of amides is 2. The van der Waals surface area contributed by atoms with Crippen LogP contribution in [0.15, 0.2) is 37.2 Å². The van der Waals surface area contributed by atoms with Gasteiger partial charge >= 0.3 is 6.03 Å². The minimum absolute atomic E-state index is 0.0244. The fraction of sp³-hybridized carbons (Fsp3) is 0.500. The van der Waals surface area contributed by atoms with Gasteiger partial charge in [0.2, 0.25) is 5.95 Å². The highest BCUT2D eigenvalue weighted by Gasteiger charge is 2.23. The minimum atomic E-state index is -0.136. The summed E-state index contributed by atoms with van der Waals surface area (Å²) >= 11 is 0. The van der Waals surface area contributed by atoms with Gasteiger partial charge in [-0.05, 0) is 25.8 Å². The largest absolute Gasteiger partial charge is 0.339 e. The second-order valence-corrected chi connectivity index (χ2v) is 6.11. The summed E-state index contributed by atoms with van der Waals surface area (Å²) in [5.74, 6) is 0.720. The molecule has 0 radical (unpaired) electrons. The minimum Gasteiger partial charge on any atom is -0.339 e. The summed E-state index contributed by atoms with van der Waals surface area (Å²) in [5, 5.41) is 6.03. The Hall–Kier alpha value is -2.64. The molecule has 8 heteroatoms. The van der Waals surface area contributed by atoms with Gasteiger partial charge in [0.25, 0.3) is 0 Å². The van der Waals surface area contributed by atoms with Gasteiger partial charge in [-0.3, -0.25) is 0 Å². The van der Waals surface area contributed by atoms with E-state index in [9.17, 15) is 4.79 Å². The fourth-order valence-electron chi connectivity index (χ4n) is 2.94. The van der Waals surface area contributed by atoms with E-state index in [1.165, 1.54) is 0 Å². The number of carbonyl (C=O) groups excluding carboxylic acids is 1. The predicted molar refractivity (Wildman–Crippen MR) is 90.6 cm³/mol. The van der Waals surface area contributed by atoms with Crippen LogP contribution in [0.5, 0.6) is 0 Å². The van der Waals surface area contributed by atoms with Gasteiger partial charge in [-0.2, -0.15) is 0 Å². The standard InChI is InChI=1S/C16H23N7O/c1-13(10-22-9-7-17-12-22)20-16(24)21-14-4-2-8-23(11-14)15-18-5-3-6-19-15/h3,5-7,9,12-14H,2,4,8,10-11H2,1H3,(H2,20,21,24)/t13-,14+/m1/s1. The maximum absolute atomic E-state index is 12.2. The summed E-state index contributed by atoms with van der Waals surface area (Å²) in [4.78, 5) is 26.9. The lowest BCUT2D eigenvalue weighted by atomic mass is 10.1. The number of carbonyl (C=O) groups is 1. The van der Waals surface area contributed by atoms with Crippen molar-refractivity contribution in [1.29, 1.82) is 0 Å². The second-order valence-electron chi connectivity index (χ2n) is 6.11. The molecule has 128 valence electrons. The van der Waals surface area contributed by atoms with E-state index >= 15 is 0 Å². The lowest BCUT2D eigenvalue weighted by molar-refractivity contribution is 0.230. The van der Waals surface area contributed by atoms with Gasteiger partial charge in [-0.15, -0.1) is 0 Å². The molecule has 2 amide bonds. The van der Waals surface area contributed by atoms with Gasteiger partial charge in [0.1, 0.15) is 0 Å². The summed E-state index contributed by atoms with van der Waals surface area (Å²) in [5.41, 5.74) is 0. The molecular weight excluding hydrogens is 306 g/mol. The van der Waals surface area contributed by atoms with Crippen LogP contribution < -0.4 is 15.5 Å². The monoisotopic (exact) mass is 329 g/mol. The Labute approximate surface area is 141 Å². The van der Waals surface area contributed by atoms with Crippen LogP contribution in [0.25, 0.3) is 0 Å². The molecule has 3 heterocycles. The average molecular weight is 329 g/mol. The molecular formula is C16H23N7O. The third-order valence-electron chi connectivity index (χ3n) is 4.01. The highest BCUT2D eigenvalue weighted by molar-refractivity contribution is 5.74. The molecule has 2 aromatic rings. The summed E-state index contributed by atoms with van der Waals surface area (Å²) in [6.07, 6.45) is 10.8. The Morgan fingerprint density at radius 1 is 1.38 bits per heavy atom. The fourth-order valence-corrected chi connectivity index (χ4v) is 2.94. The Morgan fingerprint density at radius 3 is 2.96 bits per heavy atom. The smallest absolute Gasteiger partial charge is 0.315 e. The van der Waals surface area contributed by atoms with Crippen molar-refractivity contribution < 1.29 is 4.79 Å². The van der Waals surface area contributed by atoms with Crippen molar-refractivity contribution in [3.8, 4) is 0 Å². The molecule has 1 aliphatic rings. The first kappa shape index (κ1) is 16.2. The summed E-state index contributed by atoms with van der Waals surface area (Å²) < 4.78 is 1.94. The van der Waals surface area contributed by atoms with Crippen LogP contribution in [-0.4, -0.2) is 50.7 Å². The molecule has 1 saturated heterocycles. The number of rotatable bonds is 5. The van der Waals surface area contributed by atoms with Gasteiger partial charge in [0.05, 0.1) is 6.33 Å².